The molecule has 0 amide bonds. The highest BCUT2D eigenvalue weighted by Gasteiger charge is 2.13. The Balaban J connectivity index is 1.40. The Labute approximate surface area is 196 Å². The Morgan fingerprint density at radius 3 is 2.78 bits per heavy atom. The van der Waals surface area contributed by atoms with E-state index >= 15 is 0 Å². The van der Waals surface area contributed by atoms with Gasteiger partial charge in [-0.3, -0.25) is 9.88 Å². The largest absolute Gasteiger partial charge is 0.497 e. The lowest BCUT2D eigenvalue weighted by molar-refractivity contribution is 0.0346. The lowest BCUT2D eigenvalue weighted by Gasteiger charge is -2.25. The van der Waals surface area contributed by atoms with Gasteiger partial charge in [0.05, 0.1) is 36.6 Å². The number of hydrogen-bond donors (Lipinski definition) is 1. The molecule has 1 aliphatic rings. The van der Waals surface area contributed by atoms with E-state index in [2.05, 4.69) is 44.8 Å². The van der Waals surface area contributed by atoms with Crippen molar-refractivity contribution in [3.8, 4) is 16.9 Å². The van der Waals surface area contributed by atoms with Gasteiger partial charge in [0.25, 0.3) is 0 Å². The summed E-state index contributed by atoms with van der Waals surface area (Å²) >= 11 is 8.20. The Morgan fingerprint density at radius 1 is 1.06 bits per heavy atom. The Bertz CT molecular complexity index is 1240. The third kappa shape index (κ3) is 4.59. The summed E-state index contributed by atoms with van der Waals surface area (Å²) in [6, 6.07) is 16.2. The minimum absolute atomic E-state index is 0.637. The molecule has 2 aromatic heterocycles. The van der Waals surface area contributed by atoms with Crippen molar-refractivity contribution in [3.05, 3.63) is 70.0 Å². The molecule has 7 heteroatoms. The van der Waals surface area contributed by atoms with Crippen molar-refractivity contribution in [1.29, 1.82) is 0 Å². The normalized spacial score (nSPS) is 14.6. The van der Waals surface area contributed by atoms with Crippen LogP contribution in [0.1, 0.15) is 4.88 Å². The van der Waals surface area contributed by atoms with Crippen LogP contribution in [0.5, 0.6) is 5.75 Å². The molecule has 1 aliphatic heterocycles. The van der Waals surface area contributed by atoms with Crippen LogP contribution in [-0.4, -0.2) is 43.3 Å². The standard InChI is InChI=1S/C25H24ClN3O2S/c1-30-19-3-5-22(26)25(14-19)28-23-6-7-27-24-13-17(2-4-21(23)24)18-12-20(32-16-18)15-29-8-10-31-11-9-29/h2-7,12-14,16H,8-11,15H2,1H3,(H,27,28). The van der Waals surface area contributed by atoms with E-state index in [9.17, 15) is 0 Å². The number of morpholine rings is 1. The molecule has 1 fully saturated rings. The first-order chi connectivity index (χ1) is 15.7. The lowest BCUT2D eigenvalue weighted by atomic mass is 10.0. The van der Waals surface area contributed by atoms with Gasteiger partial charge in [0.15, 0.2) is 0 Å². The van der Waals surface area contributed by atoms with Crippen molar-refractivity contribution in [3.63, 3.8) is 0 Å². The predicted octanol–water partition coefficient (Wildman–Crippen LogP) is 6.20. The number of thiophene rings is 1. The van der Waals surface area contributed by atoms with E-state index < -0.39 is 0 Å². The summed E-state index contributed by atoms with van der Waals surface area (Å²) in [5, 5.41) is 7.34. The number of methoxy groups -OCH3 is 1. The van der Waals surface area contributed by atoms with Crippen LogP contribution in [-0.2, 0) is 11.3 Å². The summed E-state index contributed by atoms with van der Waals surface area (Å²) in [7, 11) is 1.65. The molecule has 5 rings (SSSR count). The van der Waals surface area contributed by atoms with Crippen LogP contribution in [0.25, 0.3) is 22.0 Å². The third-order valence-corrected chi connectivity index (χ3v) is 6.91. The highest BCUT2D eigenvalue weighted by Crippen LogP contribution is 2.34. The fraction of sp³-hybridized carbons (Fsp3) is 0.240. The zero-order valence-corrected chi connectivity index (χ0v) is 19.4. The number of fused-ring (bicyclic) bond motifs is 1. The Hall–Kier alpha value is -2.64. The van der Waals surface area contributed by atoms with Gasteiger partial charge in [0.2, 0.25) is 0 Å². The second-order valence-corrected chi connectivity index (χ2v) is 9.15. The van der Waals surface area contributed by atoms with Gasteiger partial charge in [-0.05, 0) is 46.8 Å². The van der Waals surface area contributed by atoms with Gasteiger partial charge in [-0.25, -0.2) is 0 Å². The van der Waals surface area contributed by atoms with Crippen molar-refractivity contribution < 1.29 is 9.47 Å². The average molecular weight is 466 g/mol. The zero-order valence-electron chi connectivity index (χ0n) is 17.8. The first kappa shape index (κ1) is 21.2. The van der Waals surface area contributed by atoms with Crippen molar-refractivity contribution in [2.24, 2.45) is 0 Å². The van der Waals surface area contributed by atoms with Crippen molar-refractivity contribution in [2.75, 3.05) is 38.7 Å². The molecule has 1 saturated heterocycles. The van der Waals surface area contributed by atoms with E-state index in [4.69, 9.17) is 21.1 Å². The molecular weight excluding hydrogens is 442 g/mol. The fourth-order valence-electron chi connectivity index (χ4n) is 3.90. The van der Waals surface area contributed by atoms with Gasteiger partial charge in [-0.15, -0.1) is 11.3 Å². The molecule has 0 radical (unpaired) electrons. The molecule has 4 aromatic rings. The van der Waals surface area contributed by atoms with Gasteiger partial charge in [0.1, 0.15) is 5.75 Å². The second kappa shape index (κ2) is 9.46. The zero-order chi connectivity index (χ0) is 21.9. The van der Waals surface area contributed by atoms with Crippen LogP contribution in [0.3, 0.4) is 0 Å². The number of benzene rings is 2. The molecule has 0 bridgehead atoms. The number of halogens is 1. The summed E-state index contributed by atoms with van der Waals surface area (Å²) in [5.74, 6) is 0.753. The van der Waals surface area contributed by atoms with E-state index in [1.807, 2.05) is 41.8 Å². The highest BCUT2D eigenvalue weighted by atomic mass is 35.5. The molecule has 164 valence electrons. The van der Waals surface area contributed by atoms with Crippen molar-refractivity contribution in [1.82, 2.24) is 9.88 Å². The smallest absolute Gasteiger partial charge is 0.121 e. The molecule has 0 unspecified atom stereocenters. The van der Waals surface area contributed by atoms with Crippen LogP contribution in [0.15, 0.2) is 60.1 Å². The fourth-order valence-corrected chi connectivity index (χ4v) is 5.00. The Kier molecular flexibility index (Phi) is 6.28. The third-order valence-electron chi connectivity index (χ3n) is 5.66. The number of hydrogen-bond acceptors (Lipinski definition) is 6. The summed E-state index contributed by atoms with van der Waals surface area (Å²) in [6.07, 6.45) is 1.82. The van der Waals surface area contributed by atoms with Gasteiger partial charge in [-0.1, -0.05) is 23.7 Å². The quantitative estimate of drug-likeness (QED) is 0.367. The van der Waals surface area contributed by atoms with Crippen molar-refractivity contribution >= 4 is 45.2 Å². The van der Waals surface area contributed by atoms with Crippen molar-refractivity contribution in [2.45, 2.75) is 6.54 Å². The van der Waals surface area contributed by atoms with Crippen LogP contribution in [0.2, 0.25) is 5.02 Å². The number of rotatable bonds is 6. The summed E-state index contributed by atoms with van der Waals surface area (Å²) < 4.78 is 10.8. The van der Waals surface area contributed by atoms with Gasteiger partial charge in [0, 0.05) is 47.8 Å². The second-order valence-electron chi connectivity index (χ2n) is 7.75. The number of nitrogens with zero attached hydrogens (tertiary/aromatic N) is 2. The topological polar surface area (TPSA) is 46.6 Å². The summed E-state index contributed by atoms with van der Waals surface area (Å²) in [4.78, 5) is 8.43. The van der Waals surface area contributed by atoms with E-state index in [1.165, 1.54) is 16.0 Å². The maximum absolute atomic E-state index is 6.39. The molecular formula is C25H24ClN3O2S. The van der Waals surface area contributed by atoms with Crippen LogP contribution in [0, 0.1) is 0 Å². The molecule has 0 aliphatic carbocycles. The summed E-state index contributed by atoms with van der Waals surface area (Å²) in [6.45, 7) is 4.63. The molecule has 1 N–H and O–H groups in total. The van der Waals surface area contributed by atoms with Gasteiger partial charge < -0.3 is 14.8 Å². The van der Waals surface area contributed by atoms with Crippen LogP contribution < -0.4 is 10.1 Å². The molecule has 0 atom stereocenters. The maximum atomic E-state index is 6.39. The SMILES string of the molecule is COc1ccc(Cl)c(Nc2ccnc3cc(-c4csc(CN5CCOCC5)c4)ccc23)c1. The van der Waals surface area contributed by atoms with Crippen LogP contribution in [0.4, 0.5) is 11.4 Å². The van der Waals surface area contributed by atoms with E-state index in [0.717, 1.165) is 60.9 Å². The first-order valence-electron chi connectivity index (χ1n) is 10.6. The number of pyridine rings is 1. The van der Waals surface area contributed by atoms with Gasteiger partial charge in [-0.2, -0.15) is 0 Å². The maximum Gasteiger partial charge on any atom is 0.121 e. The number of ether oxygens (including phenoxy) is 2. The van der Waals surface area contributed by atoms with Gasteiger partial charge >= 0.3 is 0 Å². The lowest BCUT2D eigenvalue weighted by Crippen LogP contribution is -2.35. The van der Waals surface area contributed by atoms with E-state index in [-0.39, 0.29) is 0 Å². The monoisotopic (exact) mass is 465 g/mol. The van der Waals surface area contributed by atoms with E-state index in [1.54, 1.807) is 7.11 Å². The molecule has 3 heterocycles. The summed E-state index contributed by atoms with van der Waals surface area (Å²) in [5.41, 5.74) is 5.10. The highest BCUT2D eigenvalue weighted by molar-refractivity contribution is 7.10. The molecule has 0 spiro atoms. The average Bonchev–Trinajstić information content (AvgIpc) is 3.29. The first-order valence-corrected chi connectivity index (χ1v) is 11.8. The van der Waals surface area contributed by atoms with E-state index in [0.29, 0.717) is 5.02 Å². The predicted molar refractivity (Wildman–Crippen MR) is 132 cm³/mol. The number of aromatic nitrogens is 1. The Morgan fingerprint density at radius 2 is 1.94 bits per heavy atom. The molecule has 32 heavy (non-hydrogen) atoms. The minimum atomic E-state index is 0.637. The molecule has 5 nitrogen and oxygen atoms in total. The van der Waals surface area contributed by atoms with Crippen LogP contribution >= 0.6 is 22.9 Å². The minimum Gasteiger partial charge on any atom is -0.497 e. The molecule has 0 saturated carbocycles. The number of nitrogens with one attached hydrogen (secondary N) is 1. The molecule has 2 aromatic carbocycles. The number of anilines is 2.